The molecule has 1 heterocycles. The standard InChI is InChI=1S/C21H29N3O3S/c1-3-5-12-22-21(26)18-16-28-19(23-18)14-24(13-6-4-2)20(25)15-27-17-10-8-7-9-11-17/h7-11,16H,3-6,12-15H2,1-2H3,(H,22,26). The first kappa shape index (κ1) is 21.9. The number of rotatable bonds is 12. The van der Waals surface area contributed by atoms with E-state index in [4.69, 9.17) is 4.74 Å². The summed E-state index contributed by atoms with van der Waals surface area (Å²) >= 11 is 1.40. The molecule has 0 saturated carbocycles. The highest BCUT2D eigenvalue weighted by atomic mass is 32.1. The predicted octanol–water partition coefficient (Wildman–Crippen LogP) is 3.88. The number of nitrogens with zero attached hydrogens (tertiary/aromatic N) is 2. The molecule has 7 heteroatoms. The summed E-state index contributed by atoms with van der Waals surface area (Å²) in [6.45, 7) is 5.85. The van der Waals surface area contributed by atoms with Crippen LogP contribution in [0.3, 0.4) is 0 Å². The zero-order valence-electron chi connectivity index (χ0n) is 16.6. The third kappa shape index (κ3) is 7.31. The molecule has 0 radical (unpaired) electrons. The first-order valence-corrected chi connectivity index (χ1v) is 10.7. The molecule has 0 saturated heterocycles. The molecule has 0 aliphatic heterocycles. The van der Waals surface area contributed by atoms with Crippen molar-refractivity contribution >= 4 is 23.2 Å². The molecule has 0 aliphatic carbocycles. The summed E-state index contributed by atoms with van der Waals surface area (Å²) in [5.41, 5.74) is 0.416. The van der Waals surface area contributed by atoms with Crippen molar-refractivity contribution in [2.75, 3.05) is 19.7 Å². The molecule has 1 aromatic carbocycles. The Balaban J connectivity index is 1.93. The van der Waals surface area contributed by atoms with E-state index < -0.39 is 0 Å². The Hall–Kier alpha value is -2.41. The van der Waals surface area contributed by atoms with E-state index in [1.807, 2.05) is 30.3 Å². The maximum Gasteiger partial charge on any atom is 0.270 e. The van der Waals surface area contributed by atoms with Crippen LogP contribution in [0.4, 0.5) is 0 Å². The monoisotopic (exact) mass is 403 g/mol. The number of amides is 2. The third-order valence-corrected chi connectivity index (χ3v) is 5.00. The Morgan fingerprint density at radius 3 is 2.61 bits per heavy atom. The van der Waals surface area contributed by atoms with Gasteiger partial charge in [0.25, 0.3) is 11.8 Å². The number of hydrogen-bond donors (Lipinski definition) is 1. The first-order chi connectivity index (χ1) is 13.6. The molecule has 0 atom stereocenters. The van der Waals surface area contributed by atoms with E-state index in [0.717, 1.165) is 30.7 Å². The second-order valence-electron chi connectivity index (χ2n) is 6.51. The van der Waals surface area contributed by atoms with Crippen LogP contribution >= 0.6 is 11.3 Å². The Labute approximate surface area is 170 Å². The van der Waals surface area contributed by atoms with E-state index in [9.17, 15) is 9.59 Å². The van der Waals surface area contributed by atoms with Crippen molar-refractivity contribution in [3.8, 4) is 5.75 Å². The molecule has 0 aliphatic rings. The molecule has 0 fully saturated rings. The number of carbonyl (C=O) groups is 2. The van der Waals surface area contributed by atoms with E-state index in [1.54, 1.807) is 10.3 Å². The van der Waals surface area contributed by atoms with Gasteiger partial charge in [-0.3, -0.25) is 9.59 Å². The van der Waals surface area contributed by atoms with E-state index in [2.05, 4.69) is 24.1 Å². The SMILES string of the molecule is CCCCNC(=O)c1csc(CN(CCCC)C(=O)COc2ccccc2)n1. The first-order valence-electron chi connectivity index (χ1n) is 9.82. The number of thiazole rings is 1. The second-order valence-corrected chi connectivity index (χ2v) is 7.45. The van der Waals surface area contributed by atoms with Crippen molar-refractivity contribution in [3.05, 3.63) is 46.4 Å². The molecule has 1 aromatic heterocycles. The second kappa shape index (κ2) is 12.1. The Bertz CT molecular complexity index is 734. The summed E-state index contributed by atoms with van der Waals surface area (Å²) < 4.78 is 5.59. The minimum atomic E-state index is -0.158. The van der Waals surface area contributed by atoms with Gasteiger partial charge in [0.2, 0.25) is 0 Å². The molecule has 152 valence electrons. The van der Waals surface area contributed by atoms with Crippen molar-refractivity contribution in [1.29, 1.82) is 0 Å². The van der Waals surface area contributed by atoms with Crippen molar-refractivity contribution in [2.45, 2.75) is 46.1 Å². The minimum absolute atomic E-state index is 0.0105. The number of benzene rings is 1. The third-order valence-electron chi connectivity index (χ3n) is 4.17. The summed E-state index contributed by atoms with van der Waals surface area (Å²) in [6.07, 6.45) is 3.88. The van der Waals surface area contributed by atoms with Gasteiger partial charge in [-0.25, -0.2) is 4.98 Å². The Morgan fingerprint density at radius 1 is 1.14 bits per heavy atom. The normalized spacial score (nSPS) is 10.5. The summed E-state index contributed by atoms with van der Waals surface area (Å²) in [5.74, 6) is 0.433. The van der Waals surface area contributed by atoms with Crippen molar-refractivity contribution in [1.82, 2.24) is 15.2 Å². The van der Waals surface area contributed by atoms with Crippen LogP contribution in [-0.2, 0) is 11.3 Å². The highest BCUT2D eigenvalue weighted by Crippen LogP contribution is 2.14. The molecule has 2 amide bonds. The van der Waals surface area contributed by atoms with Crippen molar-refractivity contribution < 1.29 is 14.3 Å². The zero-order chi connectivity index (χ0) is 20.2. The average molecular weight is 404 g/mol. The smallest absolute Gasteiger partial charge is 0.270 e. The molecule has 1 N–H and O–H groups in total. The number of ether oxygens (including phenoxy) is 1. The fraction of sp³-hybridized carbons (Fsp3) is 0.476. The lowest BCUT2D eigenvalue weighted by Gasteiger charge is -2.21. The van der Waals surface area contributed by atoms with E-state index in [-0.39, 0.29) is 18.4 Å². The molecule has 0 unspecified atom stereocenters. The fourth-order valence-electron chi connectivity index (χ4n) is 2.51. The topological polar surface area (TPSA) is 71.5 Å². The van der Waals surface area contributed by atoms with E-state index in [0.29, 0.717) is 31.1 Å². The summed E-state index contributed by atoms with van der Waals surface area (Å²) in [7, 11) is 0. The van der Waals surface area contributed by atoms with Gasteiger partial charge in [0.15, 0.2) is 6.61 Å². The maximum absolute atomic E-state index is 12.6. The predicted molar refractivity (Wildman–Crippen MR) is 112 cm³/mol. The molecular weight excluding hydrogens is 374 g/mol. The van der Waals surface area contributed by atoms with E-state index >= 15 is 0 Å². The van der Waals surface area contributed by atoms with Gasteiger partial charge in [0.05, 0.1) is 6.54 Å². The van der Waals surface area contributed by atoms with Crippen LogP contribution in [0.2, 0.25) is 0 Å². The van der Waals surface area contributed by atoms with Gasteiger partial charge in [-0.2, -0.15) is 0 Å². The molecule has 2 aromatic rings. The Morgan fingerprint density at radius 2 is 1.89 bits per heavy atom. The quantitative estimate of drug-likeness (QED) is 0.546. The lowest BCUT2D eigenvalue weighted by atomic mass is 10.3. The fourth-order valence-corrected chi connectivity index (χ4v) is 3.30. The maximum atomic E-state index is 12.6. The molecular formula is C21H29N3O3S. The Kier molecular flexibility index (Phi) is 9.48. The van der Waals surface area contributed by atoms with Gasteiger partial charge in [-0.15, -0.1) is 11.3 Å². The summed E-state index contributed by atoms with van der Waals surface area (Å²) in [6, 6.07) is 9.30. The number of aromatic nitrogens is 1. The summed E-state index contributed by atoms with van der Waals surface area (Å²) in [4.78, 5) is 30.9. The van der Waals surface area contributed by atoms with Crippen LogP contribution in [0.15, 0.2) is 35.7 Å². The number of carbonyl (C=O) groups excluding carboxylic acids is 2. The van der Waals surface area contributed by atoms with Gasteiger partial charge in [0, 0.05) is 18.5 Å². The molecule has 6 nitrogen and oxygen atoms in total. The zero-order valence-corrected chi connectivity index (χ0v) is 17.5. The van der Waals surface area contributed by atoms with Gasteiger partial charge >= 0.3 is 0 Å². The van der Waals surface area contributed by atoms with Gasteiger partial charge < -0.3 is 15.0 Å². The lowest BCUT2D eigenvalue weighted by Crippen LogP contribution is -2.35. The highest BCUT2D eigenvalue weighted by molar-refractivity contribution is 7.09. The van der Waals surface area contributed by atoms with Crippen molar-refractivity contribution in [3.63, 3.8) is 0 Å². The van der Waals surface area contributed by atoms with Gasteiger partial charge in [-0.05, 0) is 25.0 Å². The largest absolute Gasteiger partial charge is 0.484 e. The number of hydrogen-bond acceptors (Lipinski definition) is 5. The van der Waals surface area contributed by atoms with Gasteiger partial charge in [0.1, 0.15) is 16.5 Å². The van der Waals surface area contributed by atoms with Crippen LogP contribution in [0.1, 0.15) is 55.0 Å². The van der Waals surface area contributed by atoms with Crippen LogP contribution in [-0.4, -0.2) is 41.4 Å². The molecule has 0 bridgehead atoms. The molecule has 0 spiro atoms. The average Bonchev–Trinajstić information content (AvgIpc) is 3.19. The lowest BCUT2D eigenvalue weighted by molar-refractivity contribution is -0.134. The van der Waals surface area contributed by atoms with Gasteiger partial charge in [-0.1, -0.05) is 44.9 Å². The van der Waals surface area contributed by atoms with Crippen molar-refractivity contribution in [2.24, 2.45) is 0 Å². The summed E-state index contributed by atoms with van der Waals surface area (Å²) in [5, 5.41) is 5.37. The molecule has 28 heavy (non-hydrogen) atoms. The van der Waals surface area contributed by atoms with Crippen LogP contribution < -0.4 is 10.1 Å². The van der Waals surface area contributed by atoms with Crippen LogP contribution in [0.25, 0.3) is 0 Å². The number of unbranched alkanes of at least 4 members (excludes halogenated alkanes) is 2. The van der Waals surface area contributed by atoms with E-state index in [1.165, 1.54) is 11.3 Å². The number of nitrogens with one attached hydrogen (secondary N) is 1. The van der Waals surface area contributed by atoms with Crippen LogP contribution in [0, 0.1) is 0 Å². The minimum Gasteiger partial charge on any atom is -0.484 e. The highest BCUT2D eigenvalue weighted by Gasteiger charge is 2.17. The van der Waals surface area contributed by atoms with Crippen LogP contribution in [0.5, 0.6) is 5.75 Å². The number of para-hydroxylation sites is 1. The molecule has 2 rings (SSSR count).